The first-order valence-electron chi connectivity index (χ1n) is 2.75. The highest BCUT2D eigenvalue weighted by Crippen LogP contribution is 2.33. The fourth-order valence-corrected chi connectivity index (χ4v) is 0.875. The molecule has 1 aliphatic carbocycles. The van der Waals surface area contributed by atoms with E-state index < -0.39 is 6.29 Å². The van der Waals surface area contributed by atoms with Crippen molar-refractivity contribution in [2.75, 3.05) is 0 Å². The van der Waals surface area contributed by atoms with E-state index in [4.69, 9.17) is 10.2 Å². The van der Waals surface area contributed by atoms with Crippen LogP contribution in [-0.4, -0.2) is 16.5 Å². The van der Waals surface area contributed by atoms with E-state index >= 15 is 0 Å². The maximum Gasteiger partial charge on any atom is 0.158 e. The lowest BCUT2D eigenvalue weighted by molar-refractivity contribution is -0.0858. The Labute approximate surface area is 48.5 Å². The Balaban J connectivity index is 2.37. The van der Waals surface area contributed by atoms with Gasteiger partial charge in [0, 0.05) is 5.92 Å². The van der Waals surface area contributed by atoms with Crippen LogP contribution < -0.4 is 0 Å². The Kier molecular flexibility index (Phi) is 1.36. The van der Waals surface area contributed by atoms with E-state index in [1.165, 1.54) is 0 Å². The zero-order valence-corrected chi connectivity index (χ0v) is 4.67. The molecule has 0 radical (unpaired) electrons. The number of hydrogen-bond acceptors (Lipinski definition) is 2. The van der Waals surface area contributed by atoms with Crippen molar-refractivity contribution in [1.82, 2.24) is 0 Å². The standard InChI is InChI=1S/C6H10O2/c1-4-2-3-5(4)6(7)8/h5-8H,1-3H2. The van der Waals surface area contributed by atoms with Gasteiger partial charge in [-0.05, 0) is 12.8 Å². The number of rotatable bonds is 1. The lowest BCUT2D eigenvalue weighted by Crippen LogP contribution is -2.28. The molecule has 2 N–H and O–H groups in total. The van der Waals surface area contributed by atoms with Crippen molar-refractivity contribution in [3.63, 3.8) is 0 Å². The molecule has 0 aromatic heterocycles. The molecule has 0 bridgehead atoms. The SMILES string of the molecule is C=C1CCC1C(O)O. The Morgan fingerprint density at radius 3 is 2.25 bits per heavy atom. The van der Waals surface area contributed by atoms with Crippen molar-refractivity contribution in [3.05, 3.63) is 12.2 Å². The van der Waals surface area contributed by atoms with Gasteiger partial charge in [-0.25, -0.2) is 0 Å². The fourth-order valence-electron chi connectivity index (χ4n) is 0.875. The smallest absolute Gasteiger partial charge is 0.158 e. The molecule has 1 unspecified atom stereocenters. The predicted molar refractivity (Wildman–Crippen MR) is 30.1 cm³/mol. The lowest BCUT2D eigenvalue weighted by Gasteiger charge is -2.29. The van der Waals surface area contributed by atoms with Crippen LogP contribution in [0.1, 0.15) is 12.8 Å². The molecule has 8 heavy (non-hydrogen) atoms. The molecule has 1 atom stereocenters. The molecule has 2 nitrogen and oxygen atoms in total. The number of hydrogen-bond donors (Lipinski definition) is 2. The molecule has 46 valence electrons. The van der Waals surface area contributed by atoms with Gasteiger partial charge < -0.3 is 10.2 Å². The third-order valence-corrected chi connectivity index (χ3v) is 1.66. The monoisotopic (exact) mass is 114 g/mol. The second kappa shape index (κ2) is 1.88. The molecule has 0 spiro atoms. The Hall–Kier alpha value is -0.340. The molecule has 1 aliphatic rings. The average Bonchev–Trinajstić information content (AvgIpc) is 1.61. The Morgan fingerprint density at radius 1 is 1.62 bits per heavy atom. The van der Waals surface area contributed by atoms with Crippen molar-refractivity contribution in [3.8, 4) is 0 Å². The van der Waals surface area contributed by atoms with Crippen molar-refractivity contribution >= 4 is 0 Å². The van der Waals surface area contributed by atoms with Crippen molar-refractivity contribution in [2.45, 2.75) is 19.1 Å². The summed E-state index contributed by atoms with van der Waals surface area (Å²) < 4.78 is 0. The molecular formula is C6H10O2. The highest BCUT2D eigenvalue weighted by Gasteiger charge is 2.27. The van der Waals surface area contributed by atoms with Crippen molar-refractivity contribution in [1.29, 1.82) is 0 Å². The summed E-state index contributed by atoms with van der Waals surface area (Å²) in [4.78, 5) is 0. The third-order valence-electron chi connectivity index (χ3n) is 1.66. The summed E-state index contributed by atoms with van der Waals surface area (Å²) in [5, 5.41) is 17.1. The maximum atomic E-state index is 8.54. The predicted octanol–water partition coefficient (Wildman–Crippen LogP) is 0.263. The highest BCUT2D eigenvalue weighted by atomic mass is 16.5. The summed E-state index contributed by atoms with van der Waals surface area (Å²) in [6, 6.07) is 0. The van der Waals surface area contributed by atoms with Crippen molar-refractivity contribution in [2.24, 2.45) is 5.92 Å². The Bertz CT molecular complexity index is 107. The zero-order chi connectivity index (χ0) is 6.15. The van der Waals surface area contributed by atoms with Gasteiger partial charge >= 0.3 is 0 Å². The van der Waals surface area contributed by atoms with E-state index in [0.717, 1.165) is 18.4 Å². The molecule has 0 saturated heterocycles. The van der Waals surface area contributed by atoms with Crippen molar-refractivity contribution < 1.29 is 10.2 Å². The van der Waals surface area contributed by atoms with E-state index in [1.807, 2.05) is 0 Å². The summed E-state index contributed by atoms with van der Waals surface area (Å²) in [5.41, 5.74) is 0.972. The summed E-state index contributed by atoms with van der Waals surface area (Å²) >= 11 is 0. The van der Waals surface area contributed by atoms with Crippen LogP contribution in [-0.2, 0) is 0 Å². The highest BCUT2D eigenvalue weighted by molar-refractivity contribution is 5.10. The molecule has 0 aromatic carbocycles. The minimum absolute atomic E-state index is 0.0324. The molecule has 0 amide bonds. The van der Waals surface area contributed by atoms with Crippen LogP contribution in [0.15, 0.2) is 12.2 Å². The second-order valence-corrected chi connectivity index (χ2v) is 2.22. The van der Waals surface area contributed by atoms with E-state index in [0.29, 0.717) is 0 Å². The van der Waals surface area contributed by atoms with Crippen LogP contribution >= 0.6 is 0 Å². The van der Waals surface area contributed by atoms with Gasteiger partial charge in [-0.1, -0.05) is 12.2 Å². The molecule has 0 aliphatic heterocycles. The summed E-state index contributed by atoms with van der Waals surface area (Å²) in [5.74, 6) is -0.0324. The van der Waals surface area contributed by atoms with Gasteiger partial charge in [-0.15, -0.1) is 0 Å². The molecule has 1 saturated carbocycles. The Morgan fingerprint density at radius 2 is 2.25 bits per heavy atom. The third kappa shape index (κ3) is 0.767. The molecule has 0 aromatic rings. The van der Waals surface area contributed by atoms with Crippen LogP contribution in [0.3, 0.4) is 0 Å². The van der Waals surface area contributed by atoms with Gasteiger partial charge in [0.25, 0.3) is 0 Å². The van der Waals surface area contributed by atoms with Crippen LogP contribution in [0.2, 0.25) is 0 Å². The van der Waals surface area contributed by atoms with Gasteiger partial charge in [0.2, 0.25) is 0 Å². The maximum absolute atomic E-state index is 8.54. The van der Waals surface area contributed by atoms with E-state index in [1.54, 1.807) is 0 Å². The van der Waals surface area contributed by atoms with Crippen LogP contribution in [0.25, 0.3) is 0 Å². The molecule has 1 fully saturated rings. The molecule has 1 rings (SSSR count). The minimum Gasteiger partial charge on any atom is -0.368 e. The number of aliphatic hydroxyl groups excluding tert-OH is 1. The molecule has 0 heterocycles. The molecular weight excluding hydrogens is 104 g/mol. The first kappa shape index (κ1) is 5.79. The zero-order valence-electron chi connectivity index (χ0n) is 4.67. The van der Waals surface area contributed by atoms with Crippen LogP contribution in [0, 0.1) is 5.92 Å². The van der Waals surface area contributed by atoms with E-state index in [9.17, 15) is 0 Å². The average molecular weight is 114 g/mol. The van der Waals surface area contributed by atoms with Crippen LogP contribution in [0.5, 0.6) is 0 Å². The van der Waals surface area contributed by atoms with Gasteiger partial charge in [0.05, 0.1) is 0 Å². The first-order valence-corrected chi connectivity index (χ1v) is 2.75. The fraction of sp³-hybridized carbons (Fsp3) is 0.667. The normalized spacial score (nSPS) is 28.4. The van der Waals surface area contributed by atoms with E-state index in [-0.39, 0.29) is 5.92 Å². The first-order chi connectivity index (χ1) is 3.72. The van der Waals surface area contributed by atoms with Gasteiger partial charge in [0.15, 0.2) is 6.29 Å². The minimum atomic E-state index is -1.17. The summed E-state index contributed by atoms with van der Waals surface area (Å²) in [7, 11) is 0. The van der Waals surface area contributed by atoms with Gasteiger partial charge in [-0.3, -0.25) is 0 Å². The largest absolute Gasteiger partial charge is 0.368 e. The van der Waals surface area contributed by atoms with Gasteiger partial charge in [0.1, 0.15) is 0 Å². The second-order valence-electron chi connectivity index (χ2n) is 2.22. The van der Waals surface area contributed by atoms with Gasteiger partial charge in [-0.2, -0.15) is 0 Å². The van der Waals surface area contributed by atoms with E-state index in [2.05, 4.69) is 6.58 Å². The topological polar surface area (TPSA) is 40.5 Å². The quantitative estimate of drug-likeness (QED) is 0.379. The lowest BCUT2D eigenvalue weighted by atomic mass is 9.80. The summed E-state index contributed by atoms with van der Waals surface area (Å²) in [6.07, 6.45) is 0.676. The number of aliphatic hydroxyl groups is 2. The van der Waals surface area contributed by atoms with Crippen LogP contribution in [0.4, 0.5) is 0 Å². The molecule has 2 heteroatoms. The summed E-state index contributed by atoms with van der Waals surface area (Å²) in [6.45, 7) is 3.64.